The average Bonchev–Trinajstić information content (AvgIpc) is 3.11. The molecule has 0 aliphatic rings. The van der Waals surface area contributed by atoms with Crippen LogP contribution in [0.1, 0.15) is 17.3 Å². The number of nitrogens with one attached hydrogen (secondary N) is 2. The van der Waals surface area contributed by atoms with Gasteiger partial charge in [0.25, 0.3) is 5.91 Å². The summed E-state index contributed by atoms with van der Waals surface area (Å²) in [6.45, 7) is 1.76. The summed E-state index contributed by atoms with van der Waals surface area (Å²) in [5.74, 6) is -1.86. The molecule has 1 amide bonds. The van der Waals surface area contributed by atoms with Crippen molar-refractivity contribution in [2.24, 2.45) is 0 Å². The number of aromatic amines is 1. The number of hydrogen-bond acceptors (Lipinski definition) is 3. The molecule has 0 bridgehead atoms. The average molecular weight is 357 g/mol. The third-order valence-electron chi connectivity index (χ3n) is 3.71. The molecule has 1 unspecified atom stereocenters. The highest BCUT2D eigenvalue weighted by atomic mass is 19.1. The molecule has 2 N–H and O–H groups in total. The molecule has 0 radical (unpaired) electrons. The number of halogens is 2. The quantitative estimate of drug-likeness (QED) is 0.709. The topological polar surface area (TPSA) is 67.0 Å². The van der Waals surface area contributed by atoms with Gasteiger partial charge in [-0.15, -0.1) is 0 Å². The van der Waals surface area contributed by atoms with Gasteiger partial charge in [0.05, 0.1) is 23.5 Å². The molecular formula is C19H17F2N3O2. The van der Waals surface area contributed by atoms with E-state index in [4.69, 9.17) is 4.74 Å². The zero-order valence-electron chi connectivity index (χ0n) is 14.0. The summed E-state index contributed by atoms with van der Waals surface area (Å²) < 4.78 is 31.8. The molecule has 0 aliphatic heterocycles. The van der Waals surface area contributed by atoms with Gasteiger partial charge in [0.2, 0.25) is 0 Å². The van der Waals surface area contributed by atoms with Crippen LogP contribution in [0.5, 0.6) is 5.75 Å². The van der Waals surface area contributed by atoms with Crippen molar-refractivity contribution >= 4 is 5.91 Å². The van der Waals surface area contributed by atoms with E-state index in [-0.39, 0.29) is 18.3 Å². The van der Waals surface area contributed by atoms with Gasteiger partial charge >= 0.3 is 0 Å². The van der Waals surface area contributed by atoms with Crippen LogP contribution in [0.4, 0.5) is 8.78 Å². The van der Waals surface area contributed by atoms with Gasteiger partial charge in [0.1, 0.15) is 12.4 Å². The summed E-state index contributed by atoms with van der Waals surface area (Å²) in [6.07, 6.45) is 1.45. The Morgan fingerprint density at radius 3 is 2.73 bits per heavy atom. The minimum absolute atomic E-state index is 0.0345. The van der Waals surface area contributed by atoms with Crippen molar-refractivity contribution in [1.29, 1.82) is 0 Å². The molecule has 134 valence electrons. The van der Waals surface area contributed by atoms with E-state index in [1.54, 1.807) is 6.92 Å². The molecule has 0 aliphatic carbocycles. The number of rotatable bonds is 6. The normalized spacial score (nSPS) is 11.8. The first kappa shape index (κ1) is 17.6. The smallest absolute Gasteiger partial charge is 0.255 e. The van der Waals surface area contributed by atoms with Crippen molar-refractivity contribution in [3.63, 3.8) is 0 Å². The molecule has 0 saturated heterocycles. The Labute approximate surface area is 149 Å². The maximum absolute atomic E-state index is 13.6. The molecule has 0 saturated carbocycles. The highest BCUT2D eigenvalue weighted by molar-refractivity contribution is 5.99. The molecule has 0 fully saturated rings. The van der Waals surface area contributed by atoms with E-state index < -0.39 is 17.7 Å². The zero-order chi connectivity index (χ0) is 18.5. The Morgan fingerprint density at radius 2 is 2.00 bits per heavy atom. The molecule has 5 nitrogen and oxygen atoms in total. The van der Waals surface area contributed by atoms with Crippen LogP contribution < -0.4 is 10.1 Å². The van der Waals surface area contributed by atoms with Crippen molar-refractivity contribution in [2.45, 2.75) is 13.0 Å². The highest BCUT2D eigenvalue weighted by Gasteiger charge is 2.17. The van der Waals surface area contributed by atoms with Crippen LogP contribution in [0.15, 0.2) is 54.7 Å². The molecule has 26 heavy (non-hydrogen) atoms. The highest BCUT2D eigenvalue weighted by Crippen LogP contribution is 2.21. The van der Waals surface area contributed by atoms with E-state index in [1.165, 1.54) is 12.3 Å². The molecule has 0 spiro atoms. The monoisotopic (exact) mass is 357 g/mol. The number of benzene rings is 2. The van der Waals surface area contributed by atoms with Crippen molar-refractivity contribution in [3.05, 3.63) is 71.9 Å². The van der Waals surface area contributed by atoms with Gasteiger partial charge in [-0.2, -0.15) is 5.10 Å². The third kappa shape index (κ3) is 4.05. The number of carbonyl (C=O) groups is 1. The number of H-pyrrole nitrogens is 1. The Balaban J connectivity index is 1.62. The van der Waals surface area contributed by atoms with Gasteiger partial charge in [-0.3, -0.25) is 9.89 Å². The summed E-state index contributed by atoms with van der Waals surface area (Å²) in [6, 6.07) is 12.0. The number of hydrogen-bond donors (Lipinski definition) is 2. The van der Waals surface area contributed by atoms with Crippen molar-refractivity contribution in [3.8, 4) is 17.0 Å². The molecule has 3 rings (SSSR count). The summed E-state index contributed by atoms with van der Waals surface area (Å²) in [4.78, 5) is 12.5. The molecule has 2 aromatic carbocycles. The van der Waals surface area contributed by atoms with E-state index in [0.29, 0.717) is 11.3 Å². The first-order chi connectivity index (χ1) is 12.5. The lowest BCUT2D eigenvalue weighted by Gasteiger charge is -2.15. The molecule has 1 atom stereocenters. The Morgan fingerprint density at radius 1 is 1.23 bits per heavy atom. The Hall–Kier alpha value is -3.22. The van der Waals surface area contributed by atoms with Gasteiger partial charge in [0.15, 0.2) is 11.6 Å². The number of carbonyl (C=O) groups excluding carboxylic acids is 1. The lowest BCUT2D eigenvalue weighted by Crippen LogP contribution is -2.37. The van der Waals surface area contributed by atoms with Crippen LogP contribution >= 0.6 is 0 Å². The van der Waals surface area contributed by atoms with E-state index in [1.807, 2.05) is 30.3 Å². The van der Waals surface area contributed by atoms with Crippen LogP contribution in [-0.2, 0) is 0 Å². The lowest BCUT2D eigenvalue weighted by atomic mass is 10.1. The zero-order valence-corrected chi connectivity index (χ0v) is 14.0. The van der Waals surface area contributed by atoms with Gasteiger partial charge < -0.3 is 10.1 Å². The first-order valence-corrected chi connectivity index (χ1v) is 8.02. The lowest BCUT2D eigenvalue weighted by molar-refractivity contribution is 0.0927. The van der Waals surface area contributed by atoms with Gasteiger partial charge in [-0.25, -0.2) is 8.78 Å². The minimum atomic E-state index is -0.787. The number of nitrogens with zero attached hydrogens (tertiary/aromatic N) is 1. The fraction of sp³-hybridized carbons (Fsp3) is 0.158. The standard InChI is InChI=1S/C19H17F2N3O2/c1-12(11-26-17-8-7-14(20)9-16(17)21)23-19(25)15-10-22-24-18(15)13-5-3-2-4-6-13/h2-10,12H,11H2,1H3,(H,22,24)(H,23,25). The third-order valence-corrected chi connectivity index (χ3v) is 3.71. The van der Waals surface area contributed by atoms with Crippen molar-refractivity contribution in [2.75, 3.05) is 6.61 Å². The fourth-order valence-corrected chi connectivity index (χ4v) is 2.43. The van der Waals surface area contributed by atoms with Crippen LogP contribution in [0, 0.1) is 11.6 Å². The number of amides is 1. The van der Waals surface area contributed by atoms with E-state index in [0.717, 1.165) is 17.7 Å². The first-order valence-electron chi connectivity index (χ1n) is 8.02. The van der Waals surface area contributed by atoms with Crippen LogP contribution in [0.3, 0.4) is 0 Å². The second kappa shape index (κ2) is 7.77. The van der Waals surface area contributed by atoms with Crippen molar-refractivity contribution in [1.82, 2.24) is 15.5 Å². The van der Waals surface area contributed by atoms with Gasteiger partial charge in [-0.05, 0) is 19.1 Å². The molecule has 1 aromatic heterocycles. The van der Waals surface area contributed by atoms with Crippen molar-refractivity contribution < 1.29 is 18.3 Å². The summed E-state index contributed by atoms with van der Waals surface area (Å²) in [5.41, 5.74) is 1.85. The summed E-state index contributed by atoms with van der Waals surface area (Å²) in [5, 5.41) is 9.53. The number of ether oxygens (including phenoxy) is 1. The maximum atomic E-state index is 13.6. The number of aromatic nitrogens is 2. The molecular weight excluding hydrogens is 340 g/mol. The van der Waals surface area contributed by atoms with E-state index in [2.05, 4.69) is 15.5 Å². The molecule has 1 heterocycles. The second-order valence-corrected chi connectivity index (χ2v) is 5.78. The van der Waals surface area contributed by atoms with Crippen LogP contribution in [-0.4, -0.2) is 28.8 Å². The SMILES string of the molecule is CC(COc1ccc(F)cc1F)NC(=O)c1cn[nH]c1-c1ccccc1. The Bertz CT molecular complexity index is 897. The van der Waals surface area contributed by atoms with Crippen LogP contribution in [0.2, 0.25) is 0 Å². The Kier molecular flexibility index (Phi) is 5.26. The predicted molar refractivity (Wildman–Crippen MR) is 92.8 cm³/mol. The second-order valence-electron chi connectivity index (χ2n) is 5.78. The predicted octanol–water partition coefficient (Wildman–Crippen LogP) is 3.55. The van der Waals surface area contributed by atoms with Gasteiger partial charge in [-0.1, -0.05) is 30.3 Å². The fourth-order valence-electron chi connectivity index (χ4n) is 2.43. The van der Waals surface area contributed by atoms with Gasteiger partial charge in [0, 0.05) is 11.6 Å². The summed E-state index contributed by atoms with van der Waals surface area (Å²) >= 11 is 0. The van der Waals surface area contributed by atoms with Crippen LogP contribution in [0.25, 0.3) is 11.3 Å². The maximum Gasteiger partial charge on any atom is 0.255 e. The minimum Gasteiger partial charge on any atom is -0.488 e. The van der Waals surface area contributed by atoms with E-state index >= 15 is 0 Å². The van der Waals surface area contributed by atoms with E-state index in [9.17, 15) is 13.6 Å². The summed E-state index contributed by atoms with van der Waals surface area (Å²) in [7, 11) is 0. The molecule has 7 heteroatoms. The molecule has 3 aromatic rings. The largest absolute Gasteiger partial charge is 0.488 e.